The summed E-state index contributed by atoms with van der Waals surface area (Å²) in [4.78, 5) is 4.31. The number of nitrogens with one attached hydrogen (secondary N) is 1. The van der Waals surface area contributed by atoms with Crippen LogP contribution < -0.4 is 14.8 Å². The molecule has 4 rings (SSSR count). The van der Waals surface area contributed by atoms with Crippen molar-refractivity contribution in [3.8, 4) is 11.5 Å². The van der Waals surface area contributed by atoms with Gasteiger partial charge in [0.25, 0.3) is 0 Å². The third kappa shape index (κ3) is 3.48. The van der Waals surface area contributed by atoms with Crippen LogP contribution in [0.4, 0.5) is 0 Å². The summed E-state index contributed by atoms with van der Waals surface area (Å²) in [6, 6.07) is 9.16. The van der Waals surface area contributed by atoms with E-state index >= 15 is 0 Å². The predicted molar refractivity (Wildman–Crippen MR) is 89.2 cm³/mol. The van der Waals surface area contributed by atoms with Crippen LogP contribution in [0.2, 0.25) is 0 Å². The average Bonchev–Trinajstić information content (AvgIpc) is 2.99. The van der Waals surface area contributed by atoms with Gasteiger partial charge in [0.05, 0.1) is 12.8 Å². The Kier molecular flexibility index (Phi) is 4.16. The topological polar surface area (TPSA) is 43.4 Å². The smallest absolute Gasteiger partial charge is 0.137 e. The zero-order valence-electron chi connectivity index (χ0n) is 13.3. The van der Waals surface area contributed by atoms with Crippen molar-refractivity contribution < 1.29 is 9.47 Å². The molecule has 4 nitrogen and oxygen atoms in total. The van der Waals surface area contributed by atoms with Gasteiger partial charge in [0, 0.05) is 18.7 Å². The molecule has 1 atom stereocenters. The SMILES string of the molecule is c1cc2c(cc1CCc1cncc(OCC3CCN3)c1)CCO2. The Hall–Kier alpha value is -2.07. The lowest BCUT2D eigenvalue weighted by atomic mass is 10.0. The maximum absolute atomic E-state index is 5.82. The minimum absolute atomic E-state index is 0.507. The van der Waals surface area contributed by atoms with Crippen LogP contribution >= 0.6 is 0 Å². The zero-order chi connectivity index (χ0) is 15.5. The lowest BCUT2D eigenvalue weighted by Gasteiger charge is -2.27. The van der Waals surface area contributed by atoms with E-state index in [1.54, 1.807) is 6.20 Å². The molecule has 23 heavy (non-hydrogen) atoms. The third-order valence-corrected chi connectivity index (χ3v) is 4.60. The summed E-state index contributed by atoms with van der Waals surface area (Å²) in [6.45, 7) is 2.66. The van der Waals surface area contributed by atoms with Crippen LogP contribution in [0.25, 0.3) is 0 Å². The molecule has 0 radical (unpaired) electrons. The summed E-state index contributed by atoms with van der Waals surface area (Å²) >= 11 is 0. The minimum atomic E-state index is 0.507. The molecule has 0 spiro atoms. The number of hydrogen-bond donors (Lipinski definition) is 1. The van der Waals surface area contributed by atoms with E-state index in [1.807, 2.05) is 6.20 Å². The molecule has 120 valence electrons. The van der Waals surface area contributed by atoms with E-state index in [0.29, 0.717) is 6.04 Å². The number of aromatic nitrogens is 1. The highest BCUT2D eigenvalue weighted by molar-refractivity contribution is 5.40. The summed E-state index contributed by atoms with van der Waals surface area (Å²) in [7, 11) is 0. The van der Waals surface area contributed by atoms with Gasteiger partial charge in [-0.25, -0.2) is 0 Å². The molecule has 3 heterocycles. The van der Waals surface area contributed by atoms with E-state index < -0.39 is 0 Å². The molecule has 1 fully saturated rings. The number of pyridine rings is 1. The summed E-state index contributed by atoms with van der Waals surface area (Å²) < 4.78 is 11.4. The number of benzene rings is 1. The Morgan fingerprint density at radius 2 is 2.09 bits per heavy atom. The number of rotatable bonds is 6. The second-order valence-corrected chi connectivity index (χ2v) is 6.32. The monoisotopic (exact) mass is 310 g/mol. The first-order valence-corrected chi connectivity index (χ1v) is 8.41. The van der Waals surface area contributed by atoms with Crippen molar-refractivity contribution in [3.05, 3.63) is 53.3 Å². The van der Waals surface area contributed by atoms with Crippen molar-refractivity contribution in [2.75, 3.05) is 19.8 Å². The summed E-state index contributed by atoms with van der Waals surface area (Å²) in [5.41, 5.74) is 3.92. The van der Waals surface area contributed by atoms with E-state index in [9.17, 15) is 0 Å². The van der Waals surface area contributed by atoms with Gasteiger partial charge < -0.3 is 14.8 Å². The Bertz CT molecular complexity index is 683. The van der Waals surface area contributed by atoms with Crippen LogP contribution in [0.3, 0.4) is 0 Å². The first kappa shape index (κ1) is 14.5. The molecule has 1 aromatic carbocycles. The summed E-state index contributed by atoms with van der Waals surface area (Å²) in [5.74, 6) is 1.92. The van der Waals surface area contributed by atoms with E-state index in [1.165, 1.54) is 23.1 Å². The quantitative estimate of drug-likeness (QED) is 0.890. The van der Waals surface area contributed by atoms with Crippen LogP contribution in [0.1, 0.15) is 23.1 Å². The third-order valence-electron chi connectivity index (χ3n) is 4.60. The van der Waals surface area contributed by atoms with Crippen molar-refractivity contribution in [1.29, 1.82) is 0 Å². The lowest BCUT2D eigenvalue weighted by Crippen LogP contribution is -2.46. The first-order valence-electron chi connectivity index (χ1n) is 8.41. The molecular formula is C19H22N2O2. The standard InChI is InChI=1S/C19H22N2O2/c1(14-3-4-19-16(9-14)6-8-22-19)2-15-10-18(12-20-11-15)23-13-17-5-7-21-17/h3-4,9-12,17,21H,1-2,5-8,13H2. The number of aryl methyl sites for hydroxylation is 2. The molecule has 2 aliphatic rings. The molecule has 4 heteroatoms. The number of hydrogen-bond acceptors (Lipinski definition) is 4. The van der Waals surface area contributed by atoms with Crippen LogP contribution in [0.5, 0.6) is 11.5 Å². The Morgan fingerprint density at radius 3 is 2.96 bits per heavy atom. The molecule has 0 aliphatic carbocycles. The van der Waals surface area contributed by atoms with Crippen LogP contribution in [0, 0.1) is 0 Å². The highest BCUT2D eigenvalue weighted by Gasteiger charge is 2.16. The van der Waals surface area contributed by atoms with Gasteiger partial charge in [-0.05, 0) is 54.6 Å². The van der Waals surface area contributed by atoms with E-state index in [2.05, 4.69) is 34.6 Å². The average molecular weight is 310 g/mol. The maximum atomic E-state index is 5.82. The molecule has 2 aromatic rings. The van der Waals surface area contributed by atoms with Crippen molar-refractivity contribution in [3.63, 3.8) is 0 Å². The summed E-state index contributed by atoms with van der Waals surface area (Å²) in [5, 5.41) is 3.34. The number of ether oxygens (including phenoxy) is 2. The van der Waals surface area contributed by atoms with Crippen molar-refractivity contribution >= 4 is 0 Å². The lowest BCUT2D eigenvalue weighted by molar-refractivity contribution is 0.217. The maximum Gasteiger partial charge on any atom is 0.137 e. The molecule has 1 aromatic heterocycles. The fourth-order valence-electron chi connectivity index (χ4n) is 3.05. The van der Waals surface area contributed by atoms with Gasteiger partial charge in [0.2, 0.25) is 0 Å². The van der Waals surface area contributed by atoms with Gasteiger partial charge in [-0.15, -0.1) is 0 Å². The second-order valence-electron chi connectivity index (χ2n) is 6.32. The molecule has 0 saturated carbocycles. The second kappa shape index (κ2) is 6.59. The fourth-order valence-corrected chi connectivity index (χ4v) is 3.05. The summed E-state index contributed by atoms with van der Waals surface area (Å²) in [6.07, 6.45) is 7.96. The van der Waals surface area contributed by atoms with E-state index in [4.69, 9.17) is 9.47 Å². The van der Waals surface area contributed by atoms with E-state index in [-0.39, 0.29) is 0 Å². The van der Waals surface area contributed by atoms with Crippen molar-refractivity contribution in [2.45, 2.75) is 31.7 Å². The van der Waals surface area contributed by atoms with Gasteiger partial charge in [0.1, 0.15) is 18.1 Å². The Morgan fingerprint density at radius 1 is 1.17 bits per heavy atom. The van der Waals surface area contributed by atoms with Gasteiger partial charge in [-0.2, -0.15) is 0 Å². The molecule has 0 amide bonds. The van der Waals surface area contributed by atoms with Gasteiger partial charge in [-0.3, -0.25) is 4.98 Å². The number of fused-ring (bicyclic) bond motifs is 1. The van der Waals surface area contributed by atoms with Gasteiger partial charge in [-0.1, -0.05) is 12.1 Å². The van der Waals surface area contributed by atoms with Gasteiger partial charge in [0.15, 0.2) is 0 Å². The Balaban J connectivity index is 1.34. The van der Waals surface area contributed by atoms with E-state index in [0.717, 1.165) is 50.5 Å². The Labute approximate surface area is 136 Å². The minimum Gasteiger partial charge on any atom is -0.493 e. The van der Waals surface area contributed by atoms with Gasteiger partial charge >= 0.3 is 0 Å². The van der Waals surface area contributed by atoms with Crippen LogP contribution in [-0.2, 0) is 19.3 Å². The first-order chi connectivity index (χ1) is 11.4. The molecule has 1 N–H and O–H groups in total. The van der Waals surface area contributed by atoms with Crippen LogP contribution in [-0.4, -0.2) is 30.8 Å². The number of nitrogens with zero attached hydrogens (tertiary/aromatic N) is 1. The highest BCUT2D eigenvalue weighted by Crippen LogP contribution is 2.26. The fraction of sp³-hybridized carbons (Fsp3) is 0.421. The predicted octanol–water partition coefficient (Wildman–Crippen LogP) is 2.54. The zero-order valence-corrected chi connectivity index (χ0v) is 13.3. The van der Waals surface area contributed by atoms with Crippen LogP contribution in [0.15, 0.2) is 36.7 Å². The van der Waals surface area contributed by atoms with Crippen molar-refractivity contribution in [2.24, 2.45) is 0 Å². The molecule has 0 bridgehead atoms. The molecule has 2 aliphatic heterocycles. The molecule has 1 unspecified atom stereocenters. The normalized spacial score (nSPS) is 18.9. The molecule has 1 saturated heterocycles. The largest absolute Gasteiger partial charge is 0.493 e. The van der Waals surface area contributed by atoms with Crippen molar-refractivity contribution in [1.82, 2.24) is 10.3 Å². The molecular weight excluding hydrogens is 288 g/mol. The highest BCUT2D eigenvalue weighted by atomic mass is 16.5.